The van der Waals surface area contributed by atoms with Crippen molar-refractivity contribution < 1.29 is 0 Å². The largest absolute Gasteiger partial charge is 0.292 e. The first-order valence-electron chi connectivity index (χ1n) is 16.0. The van der Waals surface area contributed by atoms with Crippen molar-refractivity contribution in [1.82, 2.24) is 4.90 Å². The fourth-order valence-corrected chi connectivity index (χ4v) is 5.32. The highest BCUT2D eigenvalue weighted by Gasteiger charge is 2.09. The van der Waals surface area contributed by atoms with Crippen LogP contribution in [0.4, 0.5) is 0 Å². The van der Waals surface area contributed by atoms with Crippen LogP contribution in [-0.2, 0) is 0 Å². The summed E-state index contributed by atoms with van der Waals surface area (Å²) in [6, 6.07) is 0. The third-order valence-corrected chi connectivity index (χ3v) is 7.72. The highest BCUT2D eigenvalue weighted by molar-refractivity contribution is 4.93. The van der Waals surface area contributed by atoms with Crippen molar-refractivity contribution in [1.29, 1.82) is 0 Å². The van der Waals surface area contributed by atoms with Gasteiger partial charge in [-0.2, -0.15) is 0 Å². The Morgan fingerprint density at radius 2 is 1.03 bits per heavy atom. The van der Waals surface area contributed by atoms with Gasteiger partial charge in [0.2, 0.25) is 0 Å². The molecule has 0 radical (unpaired) electrons. The van der Waals surface area contributed by atoms with Crippen LogP contribution >= 0.6 is 0 Å². The first-order valence-corrected chi connectivity index (χ1v) is 16.0. The van der Waals surface area contributed by atoms with Crippen LogP contribution in [-0.4, -0.2) is 24.5 Å². The van der Waals surface area contributed by atoms with Crippen LogP contribution in [0.25, 0.3) is 0 Å². The zero-order valence-electron chi connectivity index (χ0n) is 24.7. The second kappa shape index (κ2) is 27.8. The highest BCUT2D eigenvalue weighted by Crippen LogP contribution is 2.25. The van der Waals surface area contributed by atoms with Gasteiger partial charge in [-0.15, -0.1) is 6.42 Å². The molecule has 0 aromatic carbocycles. The Morgan fingerprint density at radius 3 is 1.57 bits per heavy atom. The Kier molecular flexibility index (Phi) is 27.3. The zero-order valence-corrected chi connectivity index (χ0v) is 24.7. The average Bonchev–Trinajstić information content (AvgIpc) is 2.85. The van der Waals surface area contributed by atoms with E-state index in [1.54, 1.807) is 0 Å². The molecule has 0 aliphatic rings. The van der Waals surface area contributed by atoms with Crippen molar-refractivity contribution in [3.05, 3.63) is 12.2 Å². The number of rotatable bonds is 28. The summed E-state index contributed by atoms with van der Waals surface area (Å²) in [6.45, 7) is 14.5. The fourth-order valence-electron chi connectivity index (χ4n) is 5.32. The minimum Gasteiger partial charge on any atom is -0.292 e. The van der Waals surface area contributed by atoms with E-state index in [1.165, 1.54) is 166 Å². The molecule has 0 saturated heterocycles. The highest BCUT2D eigenvalue weighted by atomic mass is 15.1. The number of nitrogens with zero attached hydrogens (tertiary/aromatic N) is 1. The second-order valence-corrected chi connectivity index (χ2v) is 11.3. The summed E-state index contributed by atoms with van der Waals surface area (Å²) in [4.78, 5) is 2.50. The van der Waals surface area contributed by atoms with Crippen LogP contribution in [0.1, 0.15) is 168 Å². The lowest BCUT2D eigenvalue weighted by Gasteiger charge is -2.19. The Morgan fingerprint density at radius 1 is 0.600 bits per heavy atom. The van der Waals surface area contributed by atoms with Gasteiger partial charge in [0.25, 0.3) is 0 Å². The SMILES string of the molecule is C#CCN(CCCCCCCC)CCCCCCCC(=C)CCCC(CCCCC)CCCCC. The summed E-state index contributed by atoms with van der Waals surface area (Å²) < 4.78 is 0. The third kappa shape index (κ3) is 24.7. The average molecular weight is 488 g/mol. The Bertz CT molecular complexity index is 463. The molecule has 0 unspecified atom stereocenters. The van der Waals surface area contributed by atoms with Crippen LogP contribution < -0.4 is 0 Å². The van der Waals surface area contributed by atoms with Gasteiger partial charge < -0.3 is 0 Å². The van der Waals surface area contributed by atoms with Crippen LogP contribution in [0, 0.1) is 18.3 Å². The summed E-state index contributed by atoms with van der Waals surface area (Å²) in [5, 5.41) is 0. The van der Waals surface area contributed by atoms with Crippen molar-refractivity contribution in [2.24, 2.45) is 5.92 Å². The summed E-state index contributed by atoms with van der Waals surface area (Å²) in [5.74, 6) is 3.84. The molecular weight excluding hydrogens is 422 g/mol. The van der Waals surface area contributed by atoms with Gasteiger partial charge in [-0.1, -0.05) is 148 Å². The molecule has 0 aliphatic carbocycles. The number of allylic oxidation sites excluding steroid dienone is 1. The first kappa shape index (κ1) is 34.3. The summed E-state index contributed by atoms with van der Waals surface area (Å²) in [7, 11) is 0. The van der Waals surface area contributed by atoms with Crippen LogP contribution in [0.15, 0.2) is 12.2 Å². The Labute approximate surface area is 223 Å². The van der Waals surface area contributed by atoms with E-state index < -0.39 is 0 Å². The molecule has 0 fully saturated rings. The summed E-state index contributed by atoms with van der Waals surface area (Å²) in [6.07, 6.45) is 37.1. The van der Waals surface area contributed by atoms with E-state index in [0.717, 1.165) is 12.5 Å². The van der Waals surface area contributed by atoms with Crippen molar-refractivity contribution >= 4 is 0 Å². The number of terminal acetylenes is 1. The molecular formula is C34H65N. The molecule has 0 N–H and O–H groups in total. The van der Waals surface area contributed by atoms with E-state index in [0.29, 0.717) is 0 Å². The topological polar surface area (TPSA) is 3.24 Å². The van der Waals surface area contributed by atoms with Crippen molar-refractivity contribution in [3.8, 4) is 12.3 Å². The minimum absolute atomic E-state index is 0.826. The lowest BCUT2D eigenvalue weighted by molar-refractivity contribution is 0.290. The van der Waals surface area contributed by atoms with Gasteiger partial charge in [-0.05, 0) is 57.5 Å². The smallest absolute Gasteiger partial charge is 0.0598 e. The lowest BCUT2D eigenvalue weighted by atomic mass is 9.89. The predicted molar refractivity (Wildman–Crippen MR) is 161 cm³/mol. The molecule has 1 nitrogen and oxygen atoms in total. The number of hydrogen-bond donors (Lipinski definition) is 0. The van der Waals surface area contributed by atoms with Crippen LogP contribution in [0.3, 0.4) is 0 Å². The maximum Gasteiger partial charge on any atom is 0.0598 e. The molecule has 0 aromatic rings. The summed E-state index contributed by atoms with van der Waals surface area (Å²) >= 11 is 0. The van der Waals surface area contributed by atoms with Gasteiger partial charge in [-0.3, -0.25) is 4.90 Å². The van der Waals surface area contributed by atoms with Crippen LogP contribution in [0.2, 0.25) is 0 Å². The minimum atomic E-state index is 0.826. The van der Waals surface area contributed by atoms with E-state index >= 15 is 0 Å². The monoisotopic (exact) mass is 488 g/mol. The van der Waals surface area contributed by atoms with Crippen molar-refractivity contribution in [2.45, 2.75) is 168 Å². The Balaban J connectivity index is 3.78. The van der Waals surface area contributed by atoms with E-state index in [2.05, 4.69) is 38.2 Å². The number of hydrogen-bond acceptors (Lipinski definition) is 1. The van der Waals surface area contributed by atoms with Crippen molar-refractivity contribution in [2.75, 3.05) is 19.6 Å². The van der Waals surface area contributed by atoms with Gasteiger partial charge in [0.05, 0.1) is 6.54 Å². The maximum atomic E-state index is 5.60. The van der Waals surface area contributed by atoms with Gasteiger partial charge >= 0.3 is 0 Å². The first-order chi connectivity index (χ1) is 17.2. The molecule has 0 heterocycles. The quantitative estimate of drug-likeness (QED) is 0.0602. The molecule has 0 aliphatic heterocycles. The normalized spacial score (nSPS) is 11.4. The maximum absolute atomic E-state index is 5.60. The molecule has 35 heavy (non-hydrogen) atoms. The molecule has 0 aromatic heterocycles. The van der Waals surface area contributed by atoms with Gasteiger partial charge in [0.15, 0.2) is 0 Å². The van der Waals surface area contributed by atoms with Gasteiger partial charge in [0, 0.05) is 0 Å². The molecule has 0 saturated carbocycles. The van der Waals surface area contributed by atoms with E-state index in [9.17, 15) is 0 Å². The molecule has 0 spiro atoms. The van der Waals surface area contributed by atoms with Crippen molar-refractivity contribution in [3.63, 3.8) is 0 Å². The molecule has 0 amide bonds. The van der Waals surface area contributed by atoms with Gasteiger partial charge in [0.1, 0.15) is 0 Å². The molecule has 206 valence electrons. The fraction of sp³-hybridized carbons (Fsp3) is 0.882. The second-order valence-electron chi connectivity index (χ2n) is 11.3. The summed E-state index contributed by atoms with van der Waals surface area (Å²) in [5.41, 5.74) is 1.50. The van der Waals surface area contributed by atoms with E-state index in [4.69, 9.17) is 6.42 Å². The lowest BCUT2D eigenvalue weighted by Crippen LogP contribution is -2.26. The van der Waals surface area contributed by atoms with Crippen LogP contribution in [0.5, 0.6) is 0 Å². The zero-order chi connectivity index (χ0) is 25.8. The number of unbranched alkanes of at least 4 members (excludes halogenated alkanes) is 13. The van der Waals surface area contributed by atoms with E-state index in [1.807, 2.05) is 0 Å². The predicted octanol–water partition coefficient (Wildman–Crippen LogP) is 11.1. The molecule has 0 atom stereocenters. The Hall–Kier alpha value is -0.740. The van der Waals surface area contributed by atoms with Gasteiger partial charge in [-0.25, -0.2) is 0 Å². The molecule has 0 bridgehead atoms. The molecule has 0 rings (SSSR count). The van der Waals surface area contributed by atoms with E-state index in [-0.39, 0.29) is 0 Å². The standard InChI is InChI=1S/C34H65N/c1-6-10-13-14-17-22-31-35(30-9-4)32-23-18-15-16-21-25-33(5)26-24-29-34(27-19-11-7-2)28-20-12-8-3/h4,34H,5-8,10-32H2,1-3H3. The third-order valence-electron chi connectivity index (χ3n) is 7.72. The molecule has 1 heteroatoms.